The number of rotatable bonds is 7. The molecule has 2 amide bonds. The quantitative estimate of drug-likeness (QED) is 0.526. The molecule has 3 N–H and O–H groups in total. The van der Waals surface area contributed by atoms with Crippen LogP contribution in [0.15, 0.2) is 29.2 Å². The van der Waals surface area contributed by atoms with Gasteiger partial charge in [-0.05, 0) is 24.3 Å². The minimum Gasteiger partial charge on any atom is -0.479 e. The van der Waals surface area contributed by atoms with E-state index in [2.05, 4.69) is 10.6 Å². The summed E-state index contributed by atoms with van der Waals surface area (Å²) in [6, 6.07) is 5.16. The Balaban J connectivity index is 2.06. The van der Waals surface area contributed by atoms with Gasteiger partial charge >= 0.3 is 5.97 Å². The van der Waals surface area contributed by atoms with Crippen molar-refractivity contribution >= 4 is 27.8 Å². The molecule has 1 aromatic rings. The number of piperazine rings is 1. The zero-order valence-electron chi connectivity index (χ0n) is 14.0. The van der Waals surface area contributed by atoms with Gasteiger partial charge in [0.25, 0.3) is 5.91 Å². The Bertz CT molecular complexity index is 792. The Morgan fingerprint density at radius 3 is 2.54 bits per heavy atom. The number of carbonyl (C=O) groups excluding carboxylic acids is 2. The maximum Gasteiger partial charge on any atom is 0.334 e. The average molecular weight is 385 g/mol. The number of carbonyl (C=O) groups is 3. The number of nitrogens with zero attached hydrogens (tertiary/aromatic N) is 1. The van der Waals surface area contributed by atoms with Crippen LogP contribution >= 0.6 is 0 Å². The first-order valence-electron chi connectivity index (χ1n) is 7.66. The first kappa shape index (κ1) is 19.8. The molecule has 0 radical (unpaired) electrons. The van der Waals surface area contributed by atoms with Gasteiger partial charge in [-0.3, -0.25) is 9.59 Å². The number of carboxylic acids is 1. The van der Waals surface area contributed by atoms with E-state index < -0.39 is 28.0 Å². The molecule has 10 nitrogen and oxygen atoms in total. The Morgan fingerprint density at radius 1 is 1.35 bits per heavy atom. The second-order valence-corrected chi connectivity index (χ2v) is 7.42. The standard InChI is InChI=1S/C15H19N3O7S/c1-25-12(15(21)22)8-17-14(20)10-2-4-11(5-3-10)26(23,24)18-7-6-16-13(19)9-18/h2-5,12H,6-9H2,1H3,(H,16,19)(H,17,20)(H,21,22). The molecule has 0 bridgehead atoms. The van der Waals surface area contributed by atoms with Gasteiger partial charge in [0.05, 0.1) is 18.0 Å². The topological polar surface area (TPSA) is 142 Å². The van der Waals surface area contributed by atoms with E-state index in [1.165, 1.54) is 31.4 Å². The van der Waals surface area contributed by atoms with E-state index in [1.807, 2.05) is 0 Å². The monoisotopic (exact) mass is 385 g/mol. The van der Waals surface area contributed by atoms with E-state index in [0.29, 0.717) is 0 Å². The van der Waals surface area contributed by atoms with Crippen LogP contribution in [-0.4, -0.2) is 75.0 Å². The molecule has 1 aliphatic heterocycles. The van der Waals surface area contributed by atoms with Gasteiger partial charge in [-0.2, -0.15) is 4.31 Å². The predicted octanol–water partition coefficient (Wildman–Crippen LogP) is -1.36. The molecule has 1 fully saturated rings. The van der Waals surface area contributed by atoms with Crippen molar-refractivity contribution in [2.75, 3.05) is 33.3 Å². The van der Waals surface area contributed by atoms with Gasteiger partial charge in [-0.1, -0.05) is 0 Å². The maximum atomic E-state index is 12.5. The summed E-state index contributed by atoms with van der Waals surface area (Å²) in [6.45, 7) is -0.0710. The Kier molecular flexibility index (Phi) is 6.29. The van der Waals surface area contributed by atoms with E-state index in [9.17, 15) is 22.8 Å². The number of amides is 2. The highest BCUT2D eigenvalue weighted by atomic mass is 32.2. The SMILES string of the molecule is COC(CNC(=O)c1ccc(S(=O)(=O)N2CCNC(=O)C2)cc1)C(=O)O. The summed E-state index contributed by atoms with van der Waals surface area (Å²) in [5.74, 6) is -2.14. The number of nitrogens with one attached hydrogen (secondary N) is 2. The third-order valence-corrected chi connectivity index (χ3v) is 5.62. The highest BCUT2D eigenvalue weighted by Crippen LogP contribution is 2.17. The van der Waals surface area contributed by atoms with E-state index in [1.54, 1.807) is 0 Å². The van der Waals surface area contributed by atoms with Crippen LogP contribution in [-0.2, 0) is 24.3 Å². The number of benzene rings is 1. The first-order valence-corrected chi connectivity index (χ1v) is 9.10. The highest BCUT2D eigenvalue weighted by Gasteiger charge is 2.29. The van der Waals surface area contributed by atoms with Gasteiger partial charge < -0.3 is 20.5 Å². The molecule has 2 rings (SSSR count). The first-order chi connectivity index (χ1) is 12.3. The summed E-state index contributed by atoms with van der Waals surface area (Å²) in [4.78, 5) is 34.2. The smallest absolute Gasteiger partial charge is 0.334 e. The van der Waals surface area contributed by atoms with E-state index in [-0.39, 0.29) is 42.5 Å². The van der Waals surface area contributed by atoms with Gasteiger partial charge in [0.2, 0.25) is 15.9 Å². The van der Waals surface area contributed by atoms with Crippen molar-refractivity contribution in [3.63, 3.8) is 0 Å². The van der Waals surface area contributed by atoms with Crippen LogP contribution in [0, 0.1) is 0 Å². The lowest BCUT2D eigenvalue weighted by atomic mass is 10.2. The molecule has 0 aromatic heterocycles. The molecule has 0 aliphatic carbocycles. The molecule has 142 valence electrons. The molecular formula is C15H19N3O7S. The molecular weight excluding hydrogens is 366 g/mol. The highest BCUT2D eigenvalue weighted by molar-refractivity contribution is 7.89. The number of hydrogen-bond donors (Lipinski definition) is 3. The Morgan fingerprint density at radius 2 is 2.00 bits per heavy atom. The van der Waals surface area contributed by atoms with Gasteiger partial charge in [-0.15, -0.1) is 0 Å². The van der Waals surface area contributed by atoms with Crippen LogP contribution in [0.3, 0.4) is 0 Å². The lowest BCUT2D eigenvalue weighted by molar-refractivity contribution is -0.148. The van der Waals surface area contributed by atoms with Gasteiger partial charge in [0, 0.05) is 25.8 Å². The van der Waals surface area contributed by atoms with Crippen molar-refractivity contribution in [1.29, 1.82) is 0 Å². The maximum absolute atomic E-state index is 12.5. The summed E-state index contributed by atoms with van der Waals surface area (Å²) in [6.07, 6.45) is -1.18. The van der Waals surface area contributed by atoms with Crippen LogP contribution in [0.1, 0.15) is 10.4 Å². The fourth-order valence-corrected chi connectivity index (χ4v) is 3.70. The van der Waals surface area contributed by atoms with Gasteiger partial charge in [0.1, 0.15) is 0 Å². The lowest BCUT2D eigenvalue weighted by Crippen LogP contribution is -2.49. The molecule has 1 atom stereocenters. The van der Waals surface area contributed by atoms with Crippen LogP contribution < -0.4 is 10.6 Å². The molecule has 1 saturated heterocycles. The summed E-state index contributed by atoms with van der Waals surface area (Å²) in [7, 11) is -2.62. The van der Waals surface area contributed by atoms with Crippen molar-refractivity contribution in [1.82, 2.24) is 14.9 Å². The summed E-state index contributed by atoms with van der Waals surface area (Å²) in [5.41, 5.74) is 0.167. The molecule has 0 spiro atoms. The normalized spacial score (nSPS) is 16.6. The molecule has 1 heterocycles. The second-order valence-electron chi connectivity index (χ2n) is 5.49. The Hall–Kier alpha value is -2.50. The van der Waals surface area contributed by atoms with Crippen molar-refractivity contribution in [2.24, 2.45) is 0 Å². The fraction of sp³-hybridized carbons (Fsp3) is 0.400. The third kappa shape index (κ3) is 4.56. The van der Waals surface area contributed by atoms with Crippen molar-refractivity contribution in [3.05, 3.63) is 29.8 Å². The van der Waals surface area contributed by atoms with Crippen LogP contribution in [0.2, 0.25) is 0 Å². The molecule has 1 aliphatic rings. The van der Waals surface area contributed by atoms with Crippen LogP contribution in [0.5, 0.6) is 0 Å². The van der Waals surface area contributed by atoms with E-state index in [4.69, 9.17) is 9.84 Å². The number of carboxylic acid groups (broad SMARTS) is 1. The zero-order chi connectivity index (χ0) is 19.3. The minimum absolute atomic E-state index is 0.0379. The molecule has 26 heavy (non-hydrogen) atoms. The number of aliphatic carboxylic acids is 1. The number of methoxy groups -OCH3 is 1. The van der Waals surface area contributed by atoms with E-state index >= 15 is 0 Å². The predicted molar refractivity (Wildman–Crippen MR) is 89.0 cm³/mol. The summed E-state index contributed by atoms with van der Waals surface area (Å²) < 4.78 is 30.8. The van der Waals surface area contributed by atoms with E-state index in [0.717, 1.165) is 4.31 Å². The van der Waals surface area contributed by atoms with Gasteiger partial charge in [-0.25, -0.2) is 13.2 Å². The second kappa shape index (κ2) is 8.25. The molecule has 1 aromatic carbocycles. The van der Waals surface area contributed by atoms with Crippen molar-refractivity contribution in [2.45, 2.75) is 11.0 Å². The largest absolute Gasteiger partial charge is 0.479 e. The minimum atomic E-state index is -3.84. The van der Waals surface area contributed by atoms with Crippen LogP contribution in [0.4, 0.5) is 0 Å². The average Bonchev–Trinajstić information content (AvgIpc) is 2.62. The summed E-state index contributed by atoms with van der Waals surface area (Å²) >= 11 is 0. The number of sulfonamides is 1. The van der Waals surface area contributed by atoms with Crippen LogP contribution in [0.25, 0.3) is 0 Å². The number of ether oxygens (including phenoxy) is 1. The zero-order valence-corrected chi connectivity index (χ0v) is 14.8. The number of hydrogen-bond acceptors (Lipinski definition) is 6. The summed E-state index contributed by atoms with van der Waals surface area (Å²) in [5, 5.41) is 13.8. The van der Waals surface area contributed by atoms with Crippen molar-refractivity contribution in [3.8, 4) is 0 Å². The molecule has 1 unspecified atom stereocenters. The Labute approximate surface area is 150 Å². The third-order valence-electron chi connectivity index (χ3n) is 3.77. The van der Waals surface area contributed by atoms with Crippen molar-refractivity contribution < 1.29 is 32.6 Å². The fourth-order valence-electron chi connectivity index (χ4n) is 2.31. The molecule has 0 saturated carbocycles. The lowest BCUT2D eigenvalue weighted by Gasteiger charge is -2.25. The van der Waals surface area contributed by atoms with Gasteiger partial charge in [0.15, 0.2) is 6.10 Å². The molecule has 11 heteroatoms.